The molecule has 0 spiro atoms. The van der Waals surface area contributed by atoms with E-state index < -0.39 is 6.04 Å². The first-order valence-corrected chi connectivity index (χ1v) is 13.7. The maximum atomic E-state index is 8.67. The third-order valence-corrected chi connectivity index (χ3v) is 8.33. The zero-order chi connectivity index (χ0) is 31.3. The summed E-state index contributed by atoms with van der Waals surface area (Å²) in [5, 5.41) is 8.24. The van der Waals surface area contributed by atoms with Crippen LogP contribution in [0.5, 0.6) is 0 Å². The van der Waals surface area contributed by atoms with Crippen LogP contribution in [0, 0.1) is 0 Å². The molecule has 0 unspecified atom stereocenters. The molecule has 0 radical (unpaired) electrons. The van der Waals surface area contributed by atoms with Crippen molar-refractivity contribution in [1.29, 1.82) is 0 Å². The van der Waals surface area contributed by atoms with E-state index in [0.29, 0.717) is 5.56 Å². The quantitative estimate of drug-likeness (QED) is 0.209. The highest BCUT2D eigenvalue weighted by Crippen LogP contribution is 2.45. The average molecular weight is 526 g/mol. The molecule has 8 aromatic carbocycles. The van der Waals surface area contributed by atoms with E-state index in [1.165, 1.54) is 0 Å². The van der Waals surface area contributed by atoms with Crippen molar-refractivity contribution in [2.45, 2.75) is 0 Å². The zero-order valence-electron chi connectivity index (χ0n) is 26.9. The molecule has 0 aliphatic heterocycles. The maximum Gasteiger partial charge on any atom is 0.136 e. The summed E-state index contributed by atoms with van der Waals surface area (Å²) < 4.78 is 48.4. The Morgan fingerprint density at radius 2 is 1.12 bits per heavy atom. The lowest BCUT2D eigenvalue weighted by Gasteiger charge is -2.17. The van der Waals surface area contributed by atoms with E-state index in [1.807, 2.05) is 54.6 Å². The lowest BCUT2D eigenvalue weighted by atomic mass is 9.86. The Kier molecular flexibility index (Phi) is 3.76. The minimum absolute atomic E-state index is 0.199. The maximum absolute atomic E-state index is 8.67. The van der Waals surface area contributed by atoms with Crippen molar-refractivity contribution in [3.63, 3.8) is 0 Å². The minimum Gasteiger partial charge on any atom is -0.456 e. The number of fused-ring (bicyclic) bond motifs is 3. The first-order chi connectivity index (χ1) is 22.4. The predicted octanol–water partition coefficient (Wildman–Crippen LogP) is 11.5. The third-order valence-electron chi connectivity index (χ3n) is 8.33. The van der Waals surface area contributed by atoms with Crippen LogP contribution in [0.1, 0.15) is 6.85 Å². The number of hydrogen-bond donors (Lipinski definition) is 0. The minimum atomic E-state index is -0.391. The molecule has 0 aliphatic rings. The third kappa shape index (κ3) is 3.30. The standard InChI is InChI=1S/C40H24O/c1-3-8-25(9-4-1)29-18-23-36-35(24-29)40-32(12-7-13-37(40)41-36)31-20-15-28-16-21-33-30(26-10-5-2-6-11-26)19-14-27-17-22-34(31)39(28)38(27)33/h1-24H/i2D,5D,6D,10D,11D. The van der Waals surface area contributed by atoms with Gasteiger partial charge in [0.2, 0.25) is 0 Å². The molecule has 1 aromatic heterocycles. The van der Waals surface area contributed by atoms with Crippen LogP contribution in [-0.4, -0.2) is 0 Å². The average Bonchev–Trinajstić information content (AvgIpc) is 3.48. The fourth-order valence-corrected chi connectivity index (χ4v) is 6.50. The smallest absolute Gasteiger partial charge is 0.136 e. The summed E-state index contributed by atoms with van der Waals surface area (Å²) in [7, 11) is 0. The van der Waals surface area contributed by atoms with Gasteiger partial charge in [-0.05, 0) is 83.9 Å². The molecule has 1 heterocycles. The van der Waals surface area contributed by atoms with Crippen LogP contribution in [0.4, 0.5) is 0 Å². The van der Waals surface area contributed by atoms with Gasteiger partial charge in [-0.1, -0.05) is 127 Å². The second-order valence-corrected chi connectivity index (χ2v) is 10.5. The van der Waals surface area contributed by atoms with Gasteiger partial charge < -0.3 is 4.42 Å². The molecule has 9 aromatic rings. The summed E-state index contributed by atoms with van der Waals surface area (Å²) in [6.45, 7) is 0. The van der Waals surface area contributed by atoms with Crippen LogP contribution < -0.4 is 0 Å². The SMILES string of the molecule is [2H]c1c([2H])c([2H])c(-c2ccc3ccc4c(-c5cccc6oc7ccc(-c8ccccc8)cc7c56)ccc5ccc2c3c54)c([2H])c1[2H]. The summed E-state index contributed by atoms with van der Waals surface area (Å²) in [4.78, 5) is 0. The molecule has 0 saturated carbocycles. The molecular formula is C40H24O. The number of benzene rings is 8. The molecule has 9 rings (SSSR count). The van der Waals surface area contributed by atoms with Gasteiger partial charge >= 0.3 is 0 Å². The summed E-state index contributed by atoms with van der Waals surface area (Å²) in [6, 6.07) is 38.0. The van der Waals surface area contributed by atoms with Gasteiger partial charge in [-0.15, -0.1) is 0 Å². The molecule has 190 valence electrons. The summed E-state index contributed by atoms with van der Waals surface area (Å²) in [5.41, 5.74) is 6.93. The van der Waals surface area contributed by atoms with Crippen LogP contribution in [-0.2, 0) is 0 Å². The van der Waals surface area contributed by atoms with Crippen molar-refractivity contribution in [2.24, 2.45) is 0 Å². The van der Waals surface area contributed by atoms with E-state index in [2.05, 4.69) is 60.7 Å². The number of furan rings is 1. The van der Waals surface area contributed by atoms with Crippen LogP contribution in [0.3, 0.4) is 0 Å². The zero-order valence-corrected chi connectivity index (χ0v) is 21.9. The second kappa shape index (κ2) is 8.55. The van der Waals surface area contributed by atoms with Crippen LogP contribution >= 0.6 is 0 Å². The van der Waals surface area contributed by atoms with E-state index in [-0.39, 0.29) is 29.7 Å². The van der Waals surface area contributed by atoms with Gasteiger partial charge in [-0.25, -0.2) is 0 Å². The van der Waals surface area contributed by atoms with Crippen molar-refractivity contribution in [2.75, 3.05) is 0 Å². The van der Waals surface area contributed by atoms with Gasteiger partial charge in [-0.3, -0.25) is 0 Å². The molecule has 41 heavy (non-hydrogen) atoms. The van der Waals surface area contributed by atoms with Crippen LogP contribution in [0.15, 0.2) is 150 Å². The largest absolute Gasteiger partial charge is 0.456 e. The number of hydrogen-bond acceptors (Lipinski definition) is 1. The summed E-state index contributed by atoms with van der Waals surface area (Å²) in [5.74, 6) is 0. The highest BCUT2D eigenvalue weighted by atomic mass is 16.3. The molecule has 0 atom stereocenters. The predicted molar refractivity (Wildman–Crippen MR) is 174 cm³/mol. The van der Waals surface area contributed by atoms with Crippen molar-refractivity contribution in [1.82, 2.24) is 0 Å². The van der Waals surface area contributed by atoms with E-state index in [0.717, 1.165) is 76.5 Å². The van der Waals surface area contributed by atoms with E-state index in [9.17, 15) is 0 Å². The Labute approximate surface area is 244 Å². The summed E-state index contributed by atoms with van der Waals surface area (Å²) in [6.07, 6.45) is 0. The van der Waals surface area contributed by atoms with Gasteiger partial charge in [0.05, 0.1) is 6.85 Å². The van der Waals surface area contributed by atoms with Crippen LogP contribution in [0.2, 0.25) is 0 Å². The van der Waals surface area contributed by atoms with Gasteiger partial charge in [0.25, 0.3) is 0 Å². The molecule has 0 saturated heterocycles. The first kappa shape index (κ1) is 18.0. The molecule has 0 N–H and O–H groups in total. The Hall–Kier alpha value is -5.40. The molecular weight excluding hydrogens is 496 g/mol. The van der Waals surface area contributed by atoms with Gasteiger partial charge in [-0.2, -0.15) is 0 Å². The van der Waals surface area contributed by atoms with Gasteiger partial charge in [0, 0.05) is 10.8 Å². The normalized spacial score (nSPS) is 13.6. The monoisotopic (exact) mass is 525 g/mol. The lowest BCUT2D eigenvalue weighted by Crippen LogP contribution is -1.89. The summed E-state index contributed by atoms with van der Waals surface area (Å²) >= 11 is 0. The Morgan fingerprint density at radius 3 is 1.90 bits per heavy atom. The molecule has 0 aliphatic carbocycles. The fraction of sp³-hybridized carbons (Fsp3) is 0. The van der Waals surface area contributed by atoms with E-state index >= 15 is 0 Å². The second-order valence-electron chi connectivity index (χ2n) is 10.5. The topological polar surface area (TPSA) is 13.1 Å². The van der Waals surface area contributed by atoms with Gasteiger partial charge in [0.1, 0.15) is 11.2 Å². The number of rotatable bonds is 3. The highest BCUT2D eigenvalue weighted by molar-refractivity contribution is 6.28. The van der Waals surface area contributed by atoms with Crippen molar-refractivity contribution >= 4 is 54.3 Å². The van der Waals surface area contributed by atoms with E-state index in [4.69, 9.17) is 11.3 Å². The van der Waals surface area contributed by atoms with Crippen LogP contribution in [0.25, 0.3) is 87.6 Å². The Bertz CT molecular complexity index is 2660. The molecule has 0 amide bonds. The van der Waals surface area contributed by atoms with Crippen molar-refractivity contribution in [3.8, 4) is 33.4 Å². The molecule has 1 nitrogen and oxygen atoms in total. The Balaban J connectivity index is 1.34. The van der Waals surface area contributed by atoms with Gasteiger partial charge in [0.15, 0.2) is 0 Å². The fourth-order valence-electron chi connectivity index (χ4n) is 6.50. The highest BCUT2D eigenvalue weighted by Gasteiger charge is 2.18. The molecule has 0 bridgehead atoms. The Morgan fingerprint density at radius 1 is 0.415 bits per heavy atom. The molecule has 0 fully saturated rings. The van der Waals surface area contributed by atoms with Crippen molar-refractivity contribution in [3.05, 3.63) is 145 Å². The van der Waals surface area contributed by atoms with E-state index in [1.54, 1.807) is 0 Å². The lowest BCUT2D eigenvalue weighted by molar-refractivity contribution is 0.669. The first-order valence-electron chi connectivity index (χ1n) is 16.2. The molecule has 1 heteroatoms. The van der Waals surface area contributed by atoms with Crippen molar-refractivity contribution < 1.29 is 11.3 Å².